The first kappa shape index (κ1) is 20.8. The Bertz CT molecular complexity index is 1180. The molecule has 0 unspecified atom stereocenters. The second kappa shape index (κ2) is 8.74. The van der Waals surface area contributed by atoms with Crippen LogP contribution in [0.3, 0.4) is 0 Å². The first-order valence-electron chi connectivity index (χ1n) is 9.66. The second-order valence-corrected chi connectivity index (χ2v) is 7.52. The van der Waals surface area contributed by atoms with E-state index in [9.17, 15) is 4.79 Å². The molecule has 4 rings (SSSR count). The van der Waals surface area contributed by atoms with Crippen LogP contribution in [-0.2, 0) is 6.61 Å². The predicted octanol–water partition coefficient (Wildman–Crippen LogP) is 5.86. The second-order valence-electron chi connectivity index (χ2n) is 7.08. The Morgan fingerprint density at radius 1 is 1.00 bits per heavy atom. The SMILES string of the molecule is COc1ccc(OC)c(/C=C2\Oc3cc(OCc4cccc(Cl)c4)cc(C)c3C2=O)c1. The Morgan fingerprint density at radius 3 is 2.58 bits per heavy atom. The molecular formula is C25H21ClO5. The van der Waals surface area contributed by atoms with E-state index in [0.29, 0.717) is 45.8 Å². The van der Waals surface area contributed by atoms with Gasteiger partial charge in [-0.2, -0.15) is 0 Å². The largest absolute Gasteiger partial charge is 0.497 e. The number of ketones is 1. The molecule has 3 aromatic rings. The number of methoxy groups -OCH3 is 2. The monoisotopic (exact) mass is 436 g/mol. The lowest BCUT2D eigenvalue weighted by molar-refractivity contribution is 0.101. The molecule has 6 heteroatoms. The summed E-state index contributed by atoms with van der Waals surface area (Å²) in [4.78, 5) is 13.0. The van der Waals surface area contributed by atoms with Gasteiger partial charge in [-0.25, -0.2) is 0 Å². The highest BCUT2D eigenvalue weighted by atomic mass is 35.5. The summed E-state index contributed by atoms with van der Waals surface area (Å²) in [5, 5.41) is 0.655. The molecule has 3 aromatic carbocycles. The van der Waals surface area contributed by atoms with Gasteiger partial charge in [0.15, 0.2) is 5.76 Å². The highest BCUT2D eigenvalue weighted by molar-refractivity contribution is 6.30. The topological polar surface area (TPSA) is 54.0 Å². The van der Waals surface area contributed by atoms with Crippen LogP contribution in [0.2, 0.25) is 5.02 Å². The summed E-state index contributed by atoms with van der Waals surface area (Å²) in [5.74, 6) is 2.39. The van der Waals surface area contributed by atoms with Gasteiger partial charge in [-0.1, -0.05) is 23.7 Å². The molecule has 0 aromatic heterocycles. The lowest BCUT2D eigenvalue weighted by Crippen LogP contribution is -2.00. The Labute approximate surface area is 185 Å². The van der Waals surface area contributed by atoms with Crippen LogP contribution in [0.4, 0.5) is 0 Å². The van der Waals surface area contributed by atoms with Crippen LogP contribution in [0.25, 0.3) is 6.08 Å². The molecule has 31 heavy (non-hydrogen) atoms. The quantitative estimate of drug-likeness (QED) is 0.453. The van der Waals surface area contributed by atoms with E-state index in [-0.39, 0.29) is 11.5 Å². The van der Waals surface area contributed by atoms with Gasteiger partial charge in [-0.3, -0.25) is 4.79 Å². The third kappa shape index (κ3) is 4.37. The first-order chi connectivity index (χ1) is 15.0. The van der Waals surface area contributed by atoms with Crippen molar-refractivity contribution in [3.05, 3.63) is 87.6 Å². The standard InChI is InChI=1S/C25H21ClO5/c1-15-9-20(30-14-16-5-4-6-18(26)10-16)13-22-24(15)25(27)23(31-22)12-17-11-19(28-2)7-8-21(17)29-3/h4-13H,14H2,1-3H3/b23-12-. The summed E-state index contributed by atoms with van der Waals surface area (Å²) in [6.07, 6.45) is 1.66. The third-order valence-electron chi connectivity index (χ3n) is 4.96. The van der Waals surface area contributed by atoms with E-state index in [4.69, 9.17) is 30.5 Å². The van der Waals surface area contributed by atoms with Gasteiger partial charge < -0.3 is 18.9 Å². The number of ether oxygens (including phenoxy) is 4. The summed E-state index contributed by atoms with van der Waals surface area (Å²) in [7, 11) is 3.16. The van der Waals surface area contributed by atoms with Gasteiger partial charge in [0.1, 0.15) is 29.6 Å². The van der Waals surface area contributed by atoms with Crippen molar-refractivity contribution in [1.82, 2.24) is 0 Å². The van der Waals surface area contributed by atoms with Crippen molar-refractivity contribution in [2.75, 3.05) is 14.2 Å². The van der Waals surface area contributed by atoms with Gasteiger partial charge in [0.05, 0.1) is 19.8 Å². The molecule has 0 amide bonds. The van der Waals surface area contributed by atoms with Crippen molar-refractivity contribution in [2.24, 2.45) is 0 Å². The summed E-state index contributed by atoms with van der Waals surface area (Å²) in [5.41, 5.74) is 2.95. The number of fused-ring (bicyclic) bond motifs is 1. The molecule has 0 saturated carbocycles. The maximum Gasteiger partial charge on any atom is 0.232 e. The Morgan fingerprint density at radius 2 is 1.84 bits per heavy atom. The molecule has 158 valence electrons. The number of carbonyl (C=O) groups excluding carboxylic acids is 1. The Hall–Kier alpha value is -3.44. The van der Waals surface area contributed by atoms with Crippen LogP contribution in [0, 0.1) is 6.92 Å². The van der Waals surface area contributed by atoms with Crippen LogP contribution >= 0.6 is 11.6 Å². The first-order valence-corrected chi connectivity index (χ1v) is 10.0. The van der Waals surface area contributed by atoms with E-state index >= 15 is 0 Å². The zero-order valence-electron chi connectivity index (χ0n) is 17.4. The summed E-state index contributed by atoms with van der Waals surface area (Å²) in [6.45, 7) is 2.22. The van der Waals surface area contributed by atoms with Crippen LogP contribution in [0.1, 0.15) is 27.0 Å². The molecule has 1 aliphatic rings. The zero-order chi connectivity index (χ0) is 22.0. The number of rotatable bonds is 6. The van der Waals surface area contributed by atoms with Crippen molar-refractivity contribution >= 4 is 23.5 Å². The maximum atomic E-state index is 13.0. The minimum atomic E-state index is -0.182. The molecule has 0 N–H and O–H groups in total. The van der Waals surface area contributed by atoms with Gasteiger partial charge in [0, 0.05) is 16.7 Å². The number of aryl methyl sites for hydroxylation is 1. The smallest absolute Gasteiger partial charge is 0.232 e. The van der Waals surface area contributed by atoms with E-state index in [1.807, 2.05) is 37.3 Å². The van der Waals surface area contributed by atoms with Crippen LogP contribution in [-0.4, -0.2) is 20.0 Å². The fourth-order valence-electron chi connectivity index (χ4n) is 3.45. The highest BCUT2D eigenvalue weighted by Gasteiger charge is 2.30. The molecule has 5 nitrogen and oxygen atoms in total. The van der Waals surface area contributed by atoms with E-state index in [0.717, 1.165) is 11.1 Å². The Kier molecular flexibility index (Phi) is 5.87. The zero-order valence-corrected chi connectivity index (χ0v) is 18.2. The molecular weight excluding hydrogens is 416 g/mol. The van der Waals surface area contributed by atoms with Gasteiger partial charge >= 0.3 is 0 Å². The molecule has 0 saturated heterocycles. The lowest BCUT2D eigenvalue weighted by Gasteiger charge is -2.09. The Balaban J connectivity index is 1.60. The van der Waals surface area contributed by atoms with Gasteiger partial charge in [0.25, 0.3) is 0 Å². The van der Waals surface area contributed by atoms with Crippen molar-refractivity contribution < 1.29 is 23.7 Å². The maximum absolute atomic E-state index is 13.0. The number of allylic oxidation sites excluding steroid dienone is 1. The number of benzene rings is 3. The summed E-state index contributed by atoms with van der Waals surface area (Å²) >= 11 is 6.03. The van der Waals surface area contributed by atoms with Crippen LogP contribution in [0.15, 0.2) is 60.4 Å². The van der Waals surface area contributed by atoms with Crippen molar-refractivity contribution in [2.45, 2.75) is 13.5 Å². The molecule has 1 aliphatic heterocycles. The number of Topliss-reactive ketones (excluding diaryl/α,β-unsaturated/α-hetero) is 1. The normalized spacial score (nSPS) is 13.7. The summed E-state index contributed by atoms with van der Waals surface area (Å²) in [6, 6.07) is 16.4. The fraction of sp³-hybridized carbons (Fsp3) is 0.160. The van der Waals surface area contributed by atoms with Gasteiger partial charge in [0.2, 0.25) is 5.78 Å². The highest BCUT2D eigenvalue weighted by Crippen LogP contribution is 2.38. The molecule has 1 heterocycles. The minimum Gasteiger partial charge on any atom is -0.497 e. The van der Waals surface area contributed by atoms with Crippen LogP contribution in [0.5, 0.6) is 23.0 Å². The number of hydrogen-bond donors (Lipinski definition) is 0. The van der Waals surface area contributed by atoms with Gasteiger partial charge in [-0.15, -0.1) is 0 Å². The van der Waals surface area contributed by atoms with Gasteiger partial charge in [-0.05, 0) is 60.5 Å². The molecule has 0 bridgehead atoms. The number of hydrogen-bond acceptors (Lipinski definition) is 5. The minimum absolute atomic E-state index is 0.182. The molecule has 0 atom stereocenters. The van der Waals surface area contributed by atoms with E-state index in [1.54, 1.807) is 44.6 Å². The van der Waals surface area contributed by atoms with Crippen molar-refractivity contribution in [3.63, 3.8) is 0 Å². The number of carbonyl (C=O) groups is 1. The van der Waals surface area contributed by atoms with E-state index in [1.165, 1.54) is 0 Å². The molecule has 0 fully saturated rings. The van der Waals surface area contributed by atoms with E-state index in [2.05, 4.69) is 0 Å². The lowest BCUT2D eigenvalue weighted by atomic mass is 10.0. The molecule has 0 aliphatic carbocycles. The van der Waals surface area contributed by atoms with Crippen molar-refractivity contribution in [1.29, 1.82) is 0 Å². The van der Waals surface area contributed by atoms with Crippen molar-refractivity contribution in [3.8, 4) is 23.0 Å². The number of halogens is 1. The third-order valence-corrected chi connectivity index (χ3v) is 5.20. The fourth-order valence-corrected chi connectivity index (χ4v) is 3.66. The molecule has 0 spiro atoms. The predicted molar refractivity (Wildman–Crippen MR) is 119 cm³/mol. The average Bonchev–Trinajstić information content (AvgIpc) is 3.07. The summed E-state index contributed by atoms with van der Waals surface area (Å²) < 4.78 is 22.5. The van der Waals surface area contributed by atoms with E-state index < -0.39 is 0 Å². The molecule has 0 radical (unpaired) electrons. The van der Waals surface area contributed by atoms with Crippen LogP contribution < -0.4 is 18.9 Å². The average molecular weight is 437 g/mol.